The van der Waals surface area contributed by atoms with Crippen molar-refractivity contribution in [2.45, 2.75) is 44.8 Å². The number of hydrogen-bond donors (Lipinski definition) is 4. The number of aliphatic hydroxyl groups excluding tert-OH is 1. The summed E-state index contributed by atoms with van der Waals surface area (Å²) < 4.78 is 28.1. The molecule has 3 aromatic rings. The number of nitrogens with zero attached hydrogens (tertiary/aromatic N) is 1. The van der Waals surface area contributed by atoms with Gasteiger partial charge >= 0.3 is 6.03 Å². The second-order valence-electron chi connectivity index (χ2n) is 9.37. The van der Waals surface area contributed by atoms with Gasteiger partial charge in [-0.2, -0.15) is 0 Å². The number of anilines is 1. The van der Waals surface area contributed by atoms with Gasteiger partial charge in [0.05, 0.1) is 23.5 Å². The van der Waals surface area contributed by atoms with Crippen LogP contribution < -0.4 is 16.4 Å². The molecule has 0 aliphatic heterocycles. The predicted molar refractivity (Wildman–Crippen MR) is 128 cm³/mol. The number of hydrogen-bond acceptors (Lipinski definition) is 4. The first-order chi connectivity index (χ1) is 16.5. The van der Waals surface area contributed by atoms with E-state index in [0.29, 0.717) is 33.6 Å². The second kappa shape index (κ2) is 9.07. The minimum atomic E-state index is -1.06. The van der Waals surface area contributed by atoms with Crippen molar-refractivity contribution >= 4 is 17.6 Å². The number of nitrogens with two attached hydrogens (primary N) is 1. The Bertz CT molecular complexity index is 1310. The van der Waals surface area contributed by atoms with E-state index in [4.69, 9.17) is 5.73 Å². The molecule has 1 aromatic heterocycles. The fourth-order valence-corrected chi connectivity index (χ4v) is 4.61. The van der Waals surface area contributed by atoms with Crippen LogP contribution in [0.4, 0.5) is 19.3 Å². The van der Waals surface area contributed by atoms with Crippen molar-refractivity contribution in [3.05, 3.63) is 82.5 Å². The fraction of sp³-hybridized carbons (Fsp3) is 0.269. The molecule has 7 nitrogen and oxygen atoms in total. The molecule has 0 fully saturated rings. The lowest BCUT2D eigenvalue weighted by Gasteiger charge is -2.40. The highest BCUT2D eigenvalue weighted by Gasteiger charge is 2.40. The summed E-state index contributed by atoms with van der Waals surface area (Å²) in [6.45, 7) is 5.29. The molecule has 9 heteroatoms. The number of fused-ring (bicyclic) bond motifs is 1. The van der Waals surface area contributed by atoms with E-state index in [9.17, 15) is 23.5 Å². The number of amides is 3. The SMILES string of the molecule is Cc1cc(NC(=O)NC2c3cc(F)c(F)cc3C(C)(C)C[C@H]2O)c(-c2ccccc2)nc1C(N)=O. The highest BCUT2D eigenvalue weighted by Crippen LogP contribution is 2.42. The Morgan fingerprint density at radius 2 is 1.77 bits per heavy atom. The van der Waals surface area contributed by atoms with Gasteiger partial charge in [0.1, 0.15) is 5.69 Å². The summed E-state index contributed by atoms with van der Waals surface area (Å²) in [6.07, 6.45) is -0.794. The van der Waals surface area contributed by atoms with Crippen LogP contribution >= 0.6 is 0 Å². The van der Waals surface area contributed by atoms with Crippen molar-refractivity contribution in [3.8, 4) is 11.3 Å². The highest BCUT2D eigenvalue weighted by molar-refractivity contribution is 5.97. The summed E-state index contributed by atoms with van der Waals surface area (Å²) in [5, 5.41) is 16.2. The van der Waals surface area contributed by atoms with Gasteiger partial charge in [-0.1, -0.05) is 44.2 Å². The fourth-order valence-electron chi connectivity index (χ4n) is 4.61. The van der Waals surface area contributed by atoms with Crippen LogP contribution in [0, 0.1) is 18.6 Å². The van der Waals surface area contributed by atoms with Gasteiger partial charge in [-0.25, -0.2) is 18.6 Å². The zero-order valence-electron chi connectivity index (χ0n) is 19.5. The lowest BCUT2D eigenvalue weighted by molar-refractivity contribution is 0.0878. The van der Waals surface area contributed by atoms with Gasteiger partial charge in [-0.15, -0.1) is 0 Å². The van der Waals surface area contributed by atoms with Crippen LogP contribution in [0.15, 0.2) is 48.5 Å². The number of aliphatic hydroxyl groups is 1. The van der Waals surface area contributed by atoms with Crippen LogP contribution in [-0.2, 0) is 5.41 Å². The van der Waals surface area contributed by atoms with Crippen molar-refractivity contribution in [2.24, 2.45) is 5.73 Å². The third-order valence-electron chi connectivity index (χ3n) is 6.29. The topological polar surface area (TPSA) is 117 Å². The summed E-state index contributed by atoms with van der Waals surface area (Å²) in [5.74, 6) is -2.75. The Morgan fingerprint density at radius 3 is 2.43 bits per heavy atom. The number of benzene rings is 2. The number of rotatable bonds is 4. The normalized spacial score (nSPS) is 18.5. The van der Waals surface area contributed by atoms with Gasteiger partial charge in [0.25, 0.3) is 5.91 Å². The monoisotopic (exact) mass is 480 g/mol. The molecule has 1 aliphatic carbocycles. The summed E-state index contributed by atoms with van der Waals surface area (Å²) in [6, 6.07) is 11.0. The zero-order valence-corrected chi connectivity index (χ0v) is 19.5. The average Bonchev–Trinajstić information content (AvgIpc) is 2.78. The molecule has 2 aromatic carbocycles. The van der Waals surface area contributed by atoms with E-state index in [0.717, 1.165) is 12.1 Å². The summed E-state index contributed by atoms with van der Waals surface area (Å²) in [5.41, 5.74) is 7.49. The van der Waals surface area contributed by atoms with E-state index >= 15 is 0 Å². The first-order valence-electron chi connectivity index (χ1n) is 11.1. The van der Waals surface area contributed by atoms with Crippen molar-refractivity contribution in [1.82, 2.24) is 10.3 Å². The maximum atomic E-state index is 14.1. The standard InChI is InChI=1S/C26H26F2N4O3/c1-13-9-19(22(31-21(13)24(29)34)14-7-5-4-6-8-14)30-25(35)32-23-15-10-17(27)18(28)11-16(15)26(2,3)12-20(23)33/h4-11,20,23,33H,12H2,1-3H3,(H2,29,34)(H2,30,32,35)/t20-,23?/m1/s1. The van der Waals surface area contributed by atoms with Crippen molar-refractivity contribution in [3.63, 3.8) is 0 Å². The quantitative estimate of drug-likeness (QED) is 0.444. The molecule has 0 saturated heterocycles. The Morgan fingerprint density at radius 1 is 1.11 bits per heavy atom. The molecule has 5 N–H and O–H groups in total. The lowest BCUT2D eigenvalue weighted by atomic mass is 9.69. The first kappa shape index (κ1) is 24.3. The molecule has 1 heterocycles. The highest BCUT2D eigenvalue weighted by atomic mass is 19.2. The molecule has 1 aliphatic rings. The van der Waals surface area contributed by atoms with Gasteiger partial charge in [-0.3, -0.25) is 4.79 Å². The van der Waals surface area contributed by atoms with E-state index in [1.54, 1.807) is 37.3 Å². The van der Waals surface area contributed by atoms with Crippen LogP contribution in [0.5, 0.6) is 0 Å². The van der Waals surface area contributed by atoms with E-state index in [-0.39, 0.29) is 12.1 Å². The minimum absolute atomic E-state index is 0.0752. The molecule has 4 rings (SSSR count). The van der Waals surface area contributed by atoms with Crippen molar-refractivity contribution in [2.75, 3.05) is 5.32 Å². The molecule has 182 valence electrons. The number of urea groups is 1. The van der Waals surface area contributed by atoms with E-state index in [1.165, 1.54) is 0 Å². The molecule has 3 amide bonds. The third-order valence-corrected chi connectivity index (χ3v) is 6.29. The first-order valence-corrected chi connectivity index (χ1v) is 11.1. The van der Waals surface area contributed by atoms with Crippen molar-refractivity contribution in [1.29, 1.82) is 0 Å². The predicted octanol–water partition coefficient (Wildman–Crippen LogP) is 4.34. The Labute approximate surface area is 201 Å². The summed E-state index contributed by atoms with van der Waals surface area (Å²) in [7, 11) is 0. The van der Waals surface area contributed by atoms with Crippen LogP contribution in [0.1, 0.15) is 53.5 Å². The van der Waals surface area contributed by atoms with Crippen LogP contribution in [-0.4, -0.2) is 28.1 Å². The van der Waals surface area contributed by atoms with Crippen LogP contribution in [0.25, 0.3) is 11.3 Å². The Balaban J connectivity index is 1.68. The molecule has 2 atom stereocenters. The number of halogens is 2. The number of carbonyl (C=O) groups is 2. The maximum absolute atomic E-state index is 14.1. The number of aryl methyl sites for hydroxylation is 1. The number of primary amides is 1. The van der Waals surface area contributed by atoms with Crippen LogP contribution in [0.3, 0.4) is 0 Å². The maximum Gasteiger partial charge on any atom is 0.319 e. The minimum Gasteiger partial charge on any atom is -0.391 e. The number of pyridine rings is 1. The molecule has 0 bridgehead atoms. The summed E-state index contributed by atoms with van der Waals surface area (Å²) in [4.78, 5) is 29.3. The molecule has 0 saturated carbocycles. The molecule has 0 radical (unpaired) electrons. The zero-order chi connectivity index (χ0) is 25.5. The van der Waals surface area contributed by atoms with Gasteiger partial charge in [-0.05, 0) is 53.6 Å². The number of aromatic nitrogens is 1. The number of carbonyl (C=O) groups excluding carboxylic acids is 2. The number of nitrogens with one attached hydrogen (secondary N) is 2. The Hall–Kier alpha value is -3.85. The average molecular weight is 481 g/mol. The van der Waals surface area contributed by atoms with Crippen molar-refractivity contribution < 1.29 is 23.5 Å². The lowest BCUT2D eigenvalue weighted by Crippen LogP contribution is -2.45. The van der Waals surface area contributed by atoms with E-state index in [2.05, 4.69) is 15.6 Å². The molecule has 0 spiro atoms. The van der Waals surface area contributed by atoms with E-state index < -0.39 is 41.1 Å². The van der Waals surface area contributed by atoms with Gasteiger partial charge in [0, 0.05) is 5.56 Å². The Kier molecular flexibility index (Phi) is 6.29. The molecule has 1 unspecified atom stereocenters. The second-order valence-corrected chi connectivity index (χ2v) is 9.37. The van der Waals surface area contributed by atoms with Crippen LogP contribution in [0.2, 0.25) is 0 Å². The largest absolute Gasteiger partial charge is 0.391 e. The summed E-state index contributed by atoms with van der Waals surface area (Å²) >= 11 is 0. The molecule has 35 heavy (non-hydrogen) atoms. The molecular formula is C26H26F2N4O3. The van der Waals surface area contributed by atoms with Gasteiger partial charge in [0.15, 0.2) is 11.6 Å². The molecular weight excluding hydrogens is 454 g/mol. The van der Waals surface area contributed by atoms with E-state index in [1.807, 2.05) is 19.9 Å². The van der Waals surface area contributed by atoms with Gasteiger partial charge < -0.3 is 21.5 Å². The third kappa shape index (κ3) is 4.72. The van der Waals surface area contributed by atoms with Gasteiger partial charge in [0.2, 0.25) is 0 Å². The smallest absolute Gasteiger partial charge is 0.319 e.